The Kier molecular flexibility index (Phi) is 5.88. The second kappa shape index (κ2) is 7.45. The van der Waals surface area contributed by atoms with E-state index in [1.54, 1.807) is 6.08 Å². The van der Waals surface area contributed by atoms with E-state index < -0.39 is 5.97 Å². The minimum atomic E-state index is -0.427. The Bertz CT molecular complexity index is 435. The highest BCUT2D eigenvalue weighted by Crippen LogP contribution is 2.19. The van der Waals surface area contributed by atoms with Gasteiger partial charge in [0.25, 0.3) is 0 Å². The summed E-state index contributed by atoms with van der Waals surface area (Å²) in [7, 11) is 0. The summed E-state index contributed by atoms with van der Waals surface area (Å²) in [5, 5.41) is 0. The predicted octanol–water partition coefficient (Wildman–Crippen LogP) is 2.92. The third-order valence-electron chi connectivity index (χ3n) is 2.42. The molecular weight excluding hydrogens is 228 g/mol. The van der Waals surface area contributed by atoms with Gasteiger partial charge in [-0.1, -0.05) is 43.5 Å². The summed E-state index contributed by atoms with van der Waals surface area (Å²) in [6, 6.07) is 7.43. The summed E-state index contributed by atoms with van der Waals surface area (Å²) in [6.07, 6.45) is 1.69. The quantitative estimate of drug-likeness (QED) is 0.421. The number of esters is 1. The van der Waals surface area contributed by atoms with Gasteiger partial charge >= 0.3 is 5.97 Å². The number of carbonyl (C=O) groups excluding carboxylic acids is 1. The Hall–Kier alpha value is -1.87. The van der Waals surface area contributed by atoms with Crippen LogP contribution in [0.4, 0.5) is 0 Å². The molecule has 0 aliphatic heterocycles. The van der Waals surface area contributed by atoms with Crippen LogP contribution in [-0.2, 0) is 14.3 Å². The lowest BCUT2D eigenvalue weighted by atomic mass is 10.0. The summed E-state index contributed by atoms with van der Waals surface area (Å²) in [6.45, 7) is 10.6. The van der Waals surface area contributed by atoms with E-state index in [0.29, 0.717) is 18.8 Å². The molecule has 1 aromatic carbocycles. The van der Waals surface area contributed by atoms with Gasteiger partial charge in [-0.15, -0.1) is 0 Å². The summed E-state index contributed by atoms with van der Waals surface area (Å²) < 4.78 is 10.2. The maximum absolute atomic E-state index is 11.8. The van der Waals surface area contributed by atoms with Crippen molar-refractivity contribution in [2.75, 3.05) is 19.8 Å². The van der Waals surface area contributed by atoms with E-state index >= 15 is 0 Å². The third-order valence-corrected chi connectivity index (χ3v) is 2.42. The lowest BCUT2D eigenvalue weighted by molar-refractivity contribution is -0.138. The average molecular weight is 246 g/mol. The van der Waals surface area contributed by atoms with Gasteiger partial charge in [-0.05, 0) is 18.1 Å². The first-order valence-electron chi connectivity index (χ1n) is 5.86. The van der Waals surface area contributed by atoms with Crippen LogP contribution in [0.3, 0.4) is 0 Å². The minimum absolute atomic E-state index is 0.238. The topological polar surface area (TPSA) is 35.5 Å². The zero-order valence-electron chi connectivity index (χ0n) is 10.6. The van der Waals surface area contributed by atoms with E-state index in [0.717, 1.165) is 11.1 Å². The molecule has 0 saturated heterocycles. The molecule has 0 aromatic heterocycles. The molecule has 0 amide bonds. The molecule has 0 atom stereocenters. The first-order valence-corrected chi connectivity index (χ1v) is 5.86. The Morgan fingerprint density at radius 3 is 2.72 bits per heavy atom. The zero-order valence-corrected chi connectivity index (χ0v) is 10.6. The van der Waals surface area contributed by atoms with Crippen molar-refractivity contribution in [1.82, 2.24) is 0 Å². The highest BCUT2D eigenvalue weighted by molar-refractivity contribution is 6.16. The van der Waals surface area contributed by atoms with Crippen LogP contribution in [0.25, 0.3) is 11.6 Å². The molecule has 0 spiro atoms. The Morgan fingerprint density at radius 2 is 2.06 bits per heavy atom. The SMILES string of the molecule is C=Cc1ccccc1C(=C)C(=O)OCCOCC. The lowest BCUT2D eigenvalue weighted by Gasteiger charge is -2.09. The maximum Gasteiger partial charge on any atom is 0.338 e. The van der Waals surface area contributed by atoms with Crippen molar-refractivity contribution in [1.29, 1.82) is 0 Å². The molecule has 3 heteroatoms. The molecule has 1 rings (SSSR count). The van der Waals surface area contributed by atoms with Gasteiger partial charge in [0.15, 0.2) is 0 Å². The normalized spacial score (nSPS) is 9.83. The fourth-order valence-corrected chi connectivity index (χ4v) is 1.48. The number of rotatable bonds is 7. The molecule has 0 heterocycles. The molecule has 0 aliphatic rings. The Labute approximate surface area is 108 Å². The lowest BCUT2D eigenvalue weighted by Crippen LogP contribution is -2.12. The van der Waals surface area contributed by atoms with Crippen molar-refractivity contribution in [3.05, 3.63) is 48.6 Å². The second-order valence-electron chi connectivity index (χ2n) is 3.60. The number of benzene rings is 1. The molecule has 96 valence electrons. The van der Waals surface area contributed by atoms with Crippen LogP contribution in [-0.4, -0.2) is 25.8 Å². The molecule has 1 aromatic rings. The summed E-state index contributed by atoms with van der Waals surface area (Å²) in [5.74, 6) is -0.427. The zero-order chi connectivity index (χ0) is 13.4. The van der Waals surface area contributed by atoms with Crippen molar-refractivity contribution in [2.45, 2.75) is 6.92 Å². The average Bonchev–Trinajstić information content (AvgIpc) is 2.42. The third kappa shape index (κ3) is 3.86. The Morgan fingerprint density at radius 1 is 1.33 bits per heavy atom. The van der Waals surface area contributed by atoms with Gasteiger partial charge in [-0.25, -0.2) is 4.79 Å². The molecule has 0 N–H and O–H groups in total. The van der Waals surface area contributed by atoms with Gasteiger partial charge < -0.3 is 9.47 Å². The minimum Gasteiger partial charge on any atom is -0.460 e. The molecule has 3 nitrogen and oxygen atoms in total. The van der Waals surface area contributed by atoms with Crippen molar-refractivity contribution >= 4 is 17.6 Å². The van der Waals surface area contributed by atoms with Crippen molar-refractivity contribution in [2.24, 2.45) is 0 Å². The van der Waals surface area contributed by atoms with Crippen LogP contribution in [0, 0.1) is 0 Å². The van der Waals surface area contributed by atoms with Gasteiger partial charge in [0, 0.05) is 6.61 Å². The van der Waals surface area contributed by atoms with Crippen LogP contribution in [0.5, 0.6) is 0 Å². The number of ether oxygens (including phenoxy) is 2. The molecule has 0 unspecified atom stereocenters. The number of carbonyl (C=O) groups is 1. The van der Waals surface area contributed by atoms with Crippen LogP contribution >= 0.6 is 0 Å². The van der Waals surface area contributed by atoms with Crippen molar-refractivity contribution in [3.63, 3.8) is 0 Å². The molecule has 0 fully saturated rings. The van der Waals surface area contributed by atoms with Gasteiger partial charge in [-0.3, -0.25) is 0 Å². The fourth-order valence-electron chi connectivity index (χ4n) is 1.48. The maximum atomic E-state index is 11.8. The van der Waals surface area contributed by atoms with Crippen molar-refractivity contribution in [3.8, 4) is 0 Å². The smallest absolute Gasteiger partial charge is 0.338 e. The van der Waals surface area contributed by atoms with E-state index in [4.69, 9.17) is 9.47 Å². The largest absolute Gasteiger partial charge is 0.460 e. The van der Waals surface area contributed by atoms with Gasteiger partial charge in [-0.2, -0.15) is 0 Å². The first-order chi connectivity index (χ1) is 8.70. The van der Waals surface area contributed by atoms with E-state index in [9.17, 15) is 4.79 Å². The highest BCUT2D eigenvalue weighted by atomic mass is 16.6. The summed E-state index contributed by atoms with van der Waals surface area (Å²) in [5.41, 5.74) is 1.94. The van der Waals surface area contributed by atoms with Gasteiger partial charge in [0.2, 0.25) is 0 Å². The predicted molar refractivity (Wildman–Crippen MR) is 73.0 cm³/mol. The van der Waals surface area contributed by atoms with E-state index in [1.807, 2.05) is 31.2 Å². The van der Waals surface area contributed by atoms with E-state index in [1.165, 1.54) is 0 Å². The van der Waals surface area contributed by atoms with E-state index in [2.05, 4.69) is 13.2 Å². The fraction of sp³-hybridized carbons (Fsp3) is 0.267. The Balaban J connectivity index is 2.63. The van der Waals surface area contributed by atoms with Crippen LogP contribution < -0.4 is 0 Å². The van der Waals surface area contributed by atoms with Crippen LogP contribution in [0.2, 0.25) is 0 Å². The molecule has 0 aliphatic carbocycles. The number of hydrogen-bond acceptors (Lipinski definition) is 3. The molecular formula is C15H18O3. The molecule has 18 heavy (non-hydrogen) atoms. The van der Waals surface area contributed by atoms with Crippen LogP contribution in [0.15, 0.2) is 37.4 Å². The summed E-state index contributed by atoms with van der Waals surface area (Å²) >= 11 is 0. The molecule has 0 radical (unpaired) electrons. The standard InChI is InChI=1S/C15H18O3/c1-4-13-8-6-7-9-14(13)12(3)15(16)18-11-10-17-5-2/h4,6-9H,1,3,5,10-11H2,2H3. The second-order valence-corrected chi connectivity index (χ2v) is 3.60. The van der Waals surface area contributed by atoms with E-state index in [-0.39, 0.29) is 6.61 Å². The first kappa shape index (κ1) is 14.2. The van der Waals surface area contributed by atoms with Crippen molar-refractivity contribution < 1.29 is 14.3 Å². The molecule has 0 bridgehead atoms. The monoisotopic (exact) mass is 246 g/mol. The summed E-state index contributed by atoms with van der Waals surface area (Å²) in [4.78, 5) is 11.8. The molecule has 0 saturated carbocycles. The van der Waals surface area contributed by atoms with Crippen LogP contribution in [0.1, 0.15) is 18.1 Å². The van der Waals surface area contributed by atoms with Gasteiger partial charge in [0.05, 0.1) is 12.2 Å². The number of hydrogen-bond donors (Lipinski definition) is 0. The van der Waals surface area contributed by atoms with Gasteiger partial charge in [0.1, 0.15) is 6.61 Å². The highest BCUT2D eigenvalue weighted by Gasteiger charge is 2.12.